The fraction of sp³-hybridized carbons (Fsp3) is 0.429. The maximum atomic E-state index is 11.9. The molecule has 0 unspecified atom stereocenters. The van der Waals surface area contributed by atoms with Crippen molar-refractivity contribution in [2.75, 3.05) is 0 Å². The highest BCUT2D eigenvalue weighted by atomic mass is 16.5. The Hall–Kier alpha value is -1.64. The van der Waals surface area contributed by atoms with E-state index in [0.717, 1.165) is 18.5 Å². The summed E-state index contributed by atoms with van der Waals surface area (Å²) >= 11 is 0. The van der Waals surface area contributed by atoms with Crippen molar-refractivity contribution in [3.05, 3.63) is 42.2 Å². The maximum absolute atomic E-state index is 11.9. The minimum absolute atomic E-state index is 0.0625. The zero-order valence-corrected chi connectivity index (χ0v) is 9.58. The fourth-order valence-corrected chi connectivity index (χ4v) is 2.79. The second-order valence-corrected chi connectivity index (χ2v) is 4.82. The highest BCUT2D eigenvalue weighted by Gasteiger charge is 2.40. The van der Waals surface area contributed by atoms with Crippen LogP contribution in [-0.4, -0.2) is 11.0 Å². The van der Waals surface area contributed by atoms with Gasteiger partial charge >= 0.3 is 5.97 Å². The molecule has 2 aliphatic rings. The van der Waals surface area contributed by atoms with Gasteiger partial charge in [-0.1, -0.05) is 18.2 Å². The Morgan fingerprint density at radius 2 is 2.29 bits per heavy atom. The lowest BCUT2D eigenvalue weighted by molar-refractivity contribution is -0.150. The Bertz CT molecular complexity index is 441. The molecule has 0 aliphatic heterocycles. The standard InChI is InChI=1S/C14H15NO2/c16-14(13-8-10-4-5-11(13)7-10)17-9-12-3-1-2-6-15-12/h1-6,10-11,13H,7-9H2/t10-,11+,13-/m0/s1. The van der Waals surface area contributed by atoms with Crippen molar-refractivity contribution in [1.29, 1.82) is 0 Å². The van der Waals surface area contributed by atoms with E-state index >= 15 is 0 Å². The number of hydrogen-bond donors (Lipinski definition) is 0. The normalized spacial score (nSPS) is 29.5. The first-order valence-electron chi connectivity index (χ1n) is 6.08. The highest BCUT2D eigenvalue weighted by molar-refractivity contribution is 5.74. The van der Waals surface area contributed by atoms with Gasteiger partial charge < -0.3 is 4.74 Å². The highest BCUT2D eigenvalue weighted by Crippen LogP contribution is 2.43. The average molecular weight is 229 g/mol. The van der Waals surface area contributed by atoms with Gasteiger partial charge in [0.1, 0.15) is 6.61 Å². The molecule has 3 nitrogen and oxygen atoms in total. The molecule has 0 radical (unpaired) electrons. The summed E-state index contributed by atoms with van der Waals surface area (Å²) in [7, 11) is 0. The third-order valence-electron chi connectivity index (χ3n) is 3.67. The van der Waals surface area contributed by atoms with Crippen LogP contribution in [0.1, 0.15) is 18.5 Å². The molecule has 0 spiro atoms. The van der Waals surface area contributed by atoms with Gasteiger partial charge in [0.15, 0.2) is 0 Å². The third-order valence-corrected chi connectivity index (χ3v) is 3.67. The Balaban J connectivity index is 1.56. The second-order valence-electron chi connectivity index (χ2n) is 4.82. The monoisotopic (exact) mass is 229 g/mol. The predicted molar refractivity (Wildman–Crippen MR) is 62.9 cm³/mol. The summed E-state index contributed by atoms with van der Waals surface area (Å²) in [5, 5.41) is 0. The van der Waals surface area contributed by atoms with Crippen molar-refractivity contribution >= 4 is 5.97 Å². The lowest BCUT2D eigenvalue weighted by Gasteiger charge is -2.16. The van der Waals surface area contributed by atoms with Crippen LogP contribution in [0.15, 0.2) is 36.5 Å². The van der Waals surface area contributed by atoms with Crippen molar-refractivity contribution in [3.63, 3.8) is 0 Å². The van der Waals surface area contributed by atoms with Crippen LogP contribution in [0.4, 0.5) is 0 Å². The molecule has 3 rings (SSSR count). The number of nitrogens with zero attached hydrogens (tertiary/aromatic N) is 1. The Morgan fingerprint density at radius 1 is 1.35 bits per heavy atom. The number of carbonyl (C=O) groups is 1. The van der Waals surface area contributed by atoms with Crippen LogP contribution in [0.2, 0.25) is 0 Å². The van der Waals surface area contributed by atoms with E-state index in [0.29, 0.717) is 11.8 Å². The van der Waals surface area contributed by atoms with Gasteiger partial charge in [0, 0.05) is 6.20 Å². The quantitative estimate of drug-likeness (QED) is 0.590. The van der Waals surface area contributed by atoms with Crippen LogP contribution in [0.5, 0.6) is 0 Å². The van der Waals surface area contributed by atoms with Crippen LogP contribution in [0.25, 0.3) is 0 Å². The Kier molecular flexibility index (Phi) is 2.67. The predicted octanol–water partition coefficient (Wildman–Crippen LogP) is 2.34. The summed E-state index contributed by atoms with van der Waals surface area (Å²) in [5.41, 5.74) is 0.805. The molecule has 1 saturated carbocycles. The second kappa shape index (κ2) is 4.32. The molecule has 1 aromatic rings. The number of aromatic nitrogens is 1. The van der Waals surface area contributed by atoms with E-state index in [1.807, 2.05) is 18.2 Å². The van der Waals surface area contributed by atoms with Gasteiger partial charge in [-0.3, -0.25) is 9.78 Å². The van der Waals surface area contributed by atoms with Crippen LogP contribution >= 0.6 is 0 Å². The largest absolute Gasteiger partial charge is 0.459 e. The topological polar surface area (TPSA) is 39.2 Å². The Morgan fingerprint density at radius 3 is 2.94 bits per heavy atom. The summed E-state index contributed by atoms with van der Waals surface area (Å²) in [5.74, 6) is 1.03. The van der Waals surface area contributed by atoms with Gasteiger partial charge in [0.25, 0.3) is 0 Å². The number of allylic oxidation sites excluding steroid dienone is 2. The molecule has 3 atom stereocenters. The van der Waals surface area contributed by atoms with Crippen molar-refractivity contribution in [2.24, 2.45) is 17.8 Å². The summed E-state index contributed by atoms with van der Waals surface area (Å²) in [6, 6.07) is 5.62. The number of fused-ring (bicyclic) bond motifs is 2. The lowest BCUT2D eigenvalue weighted by Crippen LogP contribution is -2.21. The van der Waals surface area contributed by atoms with Crippen molar-refractivity contribution in [2.45, 2.75) is 19.4 Å². The molecule has 0 amide bonds. The van der Waals surface area contributed by atoms with Crippen molar-refractivity contribution < 1.29 is 9.53 Å². The van der Waals surface area contributed by atoms with Crippen molar-refractivity contribution in [1.82, 2.24) is 4.98 Å². The Labute approximate surface area is 101 Å². The summed E-state index contributed by atoms with van der Waals surface area (Å²) in [4.78, 5) is 16.1. The van der Waals surface area contributed by atoms with E-state index in [-0.39, 0.29) is 18.5 Å². The number of hydrogen-bond acceptors (Lipinski definition) is 3. The number of esters is 1. The molecule has 1 heterocycles. The van der Waals surface area contributed by atoms with Crippen molar-refractivity contribution in [3.8, 4) is 0 Å². The zero-order valence-electron chi connectivity index (χ0n) is 9.58. The number of pyridine rings is 1. The molecule has 2 aliphatic carbocycles. The van der Waals surface area contributed by atoms with Crippen LogP contribution in [-0.2, 0) is 16.1 Å². The maximum Gasteiger partial charge on any atom is 0.309 e. The summed E-state index contributed by atoms with van der Waals surface area (Å²) < 4.78 is 5.33. The van der Waals surface area contributed by atoms with Gasteiger partial charge in [-0.15, -0.1) is 0 Å². The molecule has 0 N–H and O–H groups in total. The molecule has 88 valence electrons. The van der Waals surface area contributed by atoms with Gasteiger partial charge in [0.05, 0.1) is 11.6 Å². The van der Waals surface area contributed by atoms with E-state index < -0.39 is 0 Å². The molecule has 2 bridgehead atoms. The first-order valence-corrected chi connectivity index (χ1v) is 6.08. The van der Waals surface area contributed by atoms with Gasteiger partial charge in [0.2, 0.25) is 0 Å². The molecule has 17 heavy (non-hydrogen) atoms. The van der Waals surface area contributed by atoms with Gasteiger partial charge in [-0.2, -0.15) is 0 Å². The molecular weight excluding hydrogens is 214 g/mol. The number of rotatable bonds is 3. The zero-order chi connectivity index (χ0) is 11.7. The number of carbonyl (C=O) groups excluding carboxylic acids is 1. The summed E-state index contributed by atoms with van der Waals surface area (Å²) in [6.45, 7) is 0.289. The molecular formula is C14H15NO2. The SMILES string of the molecule is O=C(OCc1ccccn1)[C@H]1C[C@H]2C=C[C@@H]1C2. The smallest absolute Gasteiger partial charge is 0.309 e. The minimum atomic E-state index is -0.0625. The molecule has 0 saturated heterocycles. The molecule has 3 heteroatoms. The van der Waals surface area contributed by atoms with Crippen LogP contribution < -0.4 is 0 Å². The molecule has 0 aromatic carbocycles. The van der Waals surface area contributed by atoms with E-state index in [1.54, 1.807) is 6.20 Å². The van der Waals surface area contributed by atoms with Gasteiger partial charge in [-0.05, 0) is 36.8 Å². The van der Waals surface area contributed by atoms with E-state index in [4.69, 9.17) is 4.74 Å². The third kappa shape index (κ3) is 2.09. The first kappa shape index (κ1) is 10.5. The first-order chi connectivity index (χ1) is 8.33. The molecule has 1 fully saturated rings. The minimum Gasteiger partial charge on any atom is -0.459 e. The van der Waals surface area contributed by atoms with Crippen LogP contribution in [0.3, 0.4) is 0 Å². The lowest BCUT2D eigenvalue weighted by atomic mass is 9.94. The van der Waals surface area contributed by atoms with E-state index in [9.17, 15) is 4.79 Å². The molecule has 1 aromatic heterocycles. The number of ether oxygens (including phenoxy) is 1. The van der Waals surface area contributed by atoms with Gasteiger partial charge in [-0.25, -0.2) is 0 Å². The van der Waals surface area contributed by atoms with Crippen LogP contribution in [0, 0.1) is 17.8 Å². The average Bonchev–Trinajstić information content (AvgIpc) is 2.99. The van der Waals surface area contributed by atoms with E-state index in [1.165, 1.54) is 0 Å². The van der Waals surface area contributed by atoms with E-state index in [2.05, 4.69) is 17.1 Å². The summed E-state index contributed by atoms with van der Waals surface area (Å²) in [6.07, 6.45) is 8.20. The fourth-order valence-electron chi connectivity index (χ4n) is 2.79.